The lowest BCUT2D eigenvalue weighted by Gasteiger charge is -1.90. The lowest BCUT2D eigenvalue weighted by atomic mass is 11.8. The van der Waals surface area contributed by atoms with Gasteiger partial charge >= 0.3 is 0 Å². The Bertz CT molecular complexity index is 172. The Kier molecular flexibility index (Phi) is 6.83. The molecule has 0 aromatic carbocycles. The molecule has 0 aromatic heterocycles. The number of nitrogens with zero attached hydrogens (tertiary/aromatic N) is 2. The van der Waals surface area contributed by atoms with Crippen molar-refractivity contribution in [1.29, 1.82) is 10.5 Å². The number of hydrogen-bond donors (Lipinski definition) is 0. The van der Waals surface area contributed by atoms with E-state index in [1.807, 2.05) is 0 Å². The van der Waals surface area contributed by atoms with Crippen molar-refractivity contribution in [2.75, 3.05) is 10.2 Å². The van der Waals surface area contributed by atoms with E-state index in [1.54, 1.807) is 10.8 Å². The summed E-state index contributed by atoms with van der Waals surface area (Å²) in [6, 6.07) is 0. The van der Waals surface area contributed by atoms with Crippen LogP contribution >= 0.6 is 23.5 Å². The second-order valence-electron chi connectivity index (χ2n) is 1.15. The molecule has 0 fully saturated rings. The third kappa shape index (κ3) is 5.96. The molecule has 0 heterocycles. The van der Waals surface area contributed by atoms with Crippen molar-refractivity contribution >= 4 is 34.3 Å². The predicted octanol–water partition coefficient (Wildman–Crippen LogP) is 1.08. The second kappa shape index (κ2) is 6.94. The molecule has 0 saturated carbocycles. The first-order valence-electron chi connectivity index (χ1n) is 2.18. The largest absolute Gasteiger partial charge is 0.258 e. The molecule has 0 atom stereocenters. The zero-order valence-electron chi connectivity index (χ0n) is 4.94. The third-order valence-electron chi connectivity index (χ3n) is 0.510. The second-order valence-corrected chi connectivity index (χ2v) is 4.85. The monoisotopic (exact) mass is 192 g/mol. The van der Waals surface area contributed by atoms with Crippen molar-refractivity contribution in [3.05, 3.63) is 0 Å². The van der Waals surface area contributed by atoms with Crippen LogP contribution in [0.15, 0.2) is 0 Å². The zero-order chi connectivity index (χ0) is 7.82. The van der Waals surface area contributed by atoms with Gasteiger partial charge in [0, 0.05) is 10.8 Å². The van der Waals surface area contributed by atoms with Crippen LogP contribution in [-0.2, 0) is 10.8 Å². The molecule has 0 saturated heterocycles. The van der Waals surface area contributed by atoms with Crippen LogP contribution in [0, 0.1) is 21.3 Å². The summed E-state index contributed by atoms with van der Waals surface area (Å²) in [5.41, 5.74) is 0. The first kappa shape index (κ1) is 9.83. The lowest BCUT2D eigenvalue weighted by Crippen LogP contribution is -1.93. The van der Waals surface area contributed by atoms with Gasteiger partial charge in [-0.2, -0.15) is 10.5 Å². The summed E-state index contributed by atoms with van der Waals surface area (Å²) >= 11 is 1.90. The van der Waals surface area contributed by atoms with Gasteiger partial charge in [0.2, 0.25) is 0 Å². The molecular weight excluding hydrogens is 188 g/mol. The molecule has 10 heavy (non-hydrogen) atoms. The quantitative estimate of drug-likeness (QED) is 0.623. The molecule has 0 rings (SSSR count). The average molecular weight is 192 g/mol. The van der Waals surface area contributed by atoms with Crippen molar-refractivity contribution in [2.45, 2.75) is 0 Å². The first-order valence-corrected chi connectivity index (χ1v) is 5.64. The average Bonchev–Trinajstić information content (AvgIpc) is 1.97. The Hall–Kier alpha value is -0.170. The number of thiocyanates is 2. The van der Waals surface area contributed by atoms with E-state index in [4.69, 9.17) is 10.5 Å². The van der Waals surface area contributed by atoms with E-state index >= 15 is 0 Å². The van der Waals surface area contributed by atoms with E-state index in [9.17, 15) is 4.21 Å². The molecule has 0 bridgehead atoms. The number of thioether (sulfide) groups is 2. The van der Waals surface area contributed by atoms with Crippen molar-refractivity contribution in [3.63, 3.8) is 0 Å². The Morgan fingerprint density at radius 2 is 1.60 bits per heavy atom. The molecule has 0 radical (unpaired) electrons. The van der Waals surface area contributed by atoms with Gasteiger partial charge in [-0.15, -0.1) is 0 Å². The highest BCUT2D eigenvalue weighted by molar-refractivity contribution is 8.19. The minimum atomic E-state index is -1.04. The van der Waals surface area contributed by atoms with Crippen molar-refractivity contribution in [3.8, 4) is 10.8 Å². The molecule has 54 valence electrons. The summed E-state index contributed by atoms with van der Waals surface area (Å²) < 4.78 is 10.7. The van der Waals surface area contributed by atoms with Gasteiger partial charge in [0.1, 0.15) is 10.8 Å². The predicted molar refractivity (Wildman–Crippen MR) is 44.3 cm³/mol. The molecule has 0 aliphatic carbocycles. The Labute approximate surface area is 70.2 Å². The molecule has 0 unspecified atom stereocenters. The van der Waals surface area contributed by atoms with Gasteiger partial charge in [0.15, 0.2) is 0 Å². The van der Waals surface area contributed by atoms with Crippen LogP contribution in [-0.4, -0.2) is 14.4 Å². The summed E-state index contributed by atoms with van der Waals surface area (Å²) in [5, 5.41) is 20.3. The standard InChI is InChI=1S/C4H4N2OS3/c5-1-8-3-10(7)4-9-2-6/h3-4H2. The Morgan fingerprint density at radius 1 is 1.20 bits per heavy atom. The van der Waals surface area contributed by atoms with Crippen molar-refractivity contribution in [1.82, 2.24) is 0 Å². The zero-order valence-corrected chi connectivity index (χ0v) is 7.39. The van der Waals surface area contributed by atoms with Gasteiger partial charge in [-0.05, 0) is 23.5 Å². The maximum absolute atomic E-state index is 10.7. The van der Waals surface area contributed by atoms with Gasteiger partial charge in [0.05, 0.1) is 10.2 Å². The van der Waals surface area contributed by atoms with E-state index in [2.05, 4.69) is 0 Å². The maximum Gasteiger partial charge on any atom is 0.134 e. The molecule has 0 aliphatic rings. The number of hydrogen-bond acceptors (Lipinski definition) is 5. The highest BCUT2D eigenvalue weighted by atomic mass is 32.3. The van der Waals surface area contributed by atoms with E-state index in [0.717, 1.165) is 23.5 Å². The van der Waals surface area contributed by atoms with E-state index < -0.39 is 10.8 Å². The molecule has 3 nitrogen and oxygen atoms in total. The maximum atomic E-state index is 10.7. The molecule has 0 aromatic rings. The number of nitriles is 2. The molecule has 0 N–H and O–H groups in total. The van der Waals surface area contributed by atoms with Gasteiger partial charge in [-0.1, -0.05) is 0 Å². The fraction of sp³-hybridized carbons (Fsp3) is 0.500. The minimum absolute atomic E-state index is 0.297. The summed E-state index contributed by atoms with van der Waals surface area (Å²) in [7, 11) is -1.04. The third-order valence-corrected chi connectivity index (χ3v) is 3.81. The van der Waals surface area contributed by atoms with Crippen LogP contribution in [0.2, 0.25) is 0 Å². The van der Waals surface area contributed by atoms with Crippen LogP contribution in [0.5, 0.6) is 0 Å². The number of rotatable bonds is 4. The normalized spacial score (nSPS) is 8.70. The van der Waals surface area contributed by atoms with Crippen LogP contribution in [0.3, 0.4) is 0 Å². The lowest BCUT2D eigenvalue weighted by molar-refractivity contribution is 0.689. The van der Waals surface area contributed by atoms with Crippen molar-refractivity contribution in [2.24, 2.45) is 0 Å². The highest BCUT2D eigenvalue weighted by Crippen LogP contribution is 2.05. The molecule has 6 heteroatoms. The van der Waals surface area contributed by atoms with Gasteiger partial charge in [-0.25, -0.2) is 0 Å². The first-order chi connectivity index (χ1) is 4.81. The van der Waals surface area contributed by atoms with E-state index in [0.29, 0.717) is 10.2 Å². The fourth-order valence-electron chi connectivity index (χ4n) is 0.218. The topological polar surface area (TPSA) is 64.7 Å². The molecule has 0 spiro atoms. The van der Waals surface area contributed by atoms with Crippen LogP contribution < -0.4 is 0 Å². The summed E-state index contributed by atoms with van der Waals surface area (Å²) in [5.74, 6) is 0. The van der Waals surface area contributed by atoms with Crippen molar-refractivity contribution < 1.29 is 4.21 Å². The SMILES string of the molecule is N#CSCS(=O)CSC#N. The van der Waals surface area contributed by atoms with Gasteiger partial charge in [-0.3, -0.25) is 4.21 Å². The smallest absolute Gasteiger partial charge is 0.134 e. The van der Waals surface area contributed by atoms with Crippen LogP contribution in [0.4, 0.5) is 0 Å². The fourth-order valence-corrected chi connectivity index (χ4v) is 2.58. The Morgan fingerprint density at radius 3 is 1.90 bits per heavy atom. The van der Waals surface area contributed by atoms with E-state index in [-0.39, 0.29) is 0 Å². The molecule has 0 amide bonds. The molecule has 0 aliphatic heterocycles. The van der Waals surface area contributed by atoms with Gasteiger partial charge in [0.25, 0.3) is 0 Å². The van der Waals surface area contributed by atoms with Gasteiger partial charge < -0.3 is 0 Å². The summed E-state index contributed by atoms with van der Waals surface area (Å²) in [4.78, 5) is 0. The van der Waals surface area contributed by atoms with Crippen LogP contribution in [0.1, 0.15) is 0 Å². The minimum Gasteiger partial charge on any atom is -0.258 e. The summed E-state index contributed by atoms with van der Waals surface area (Å²) in [6.45, 7) is 0. The van der Waals surface area contributed by atoms with Crippen LogP contribution in [0.25, 0.3) is 0 Å². The highest BCUT2D eigenvalue weighted by Gasteiger charge is 1.97. The molecular formula is C4H4N2OS3. The summed E-state index contributed by atoms with van der Waals surface area (Å²) in [6.07, 6.45) is 0. The Balaban J connectivity index is 3.30. The van der Waals surface area contributed by atoms with E-state index in [1.165, 1.54) is 0 Å².